The van der Waals surface area contributed by atoms with E-state index in [1.54, 1.807) is 32.4 Å². The van der Waals surface area contributed by atoms with E-state index in [9.17, 15) is 4.79 Å². The molecule has 2 N–H and O–H groups in total. The molecule has 0 saturated carbocycles. The van der Waals surface area contributed by atoms with Gasteiger partial charge in [0.15, 0.2) is 11.5 Å². The van der Waals surface area contributed by atoms with Crippen LogP contribution in [0.25, 0.3) is 0 Å². The summed E-state index contributed by atoms with van der Waals surface area (Å²) < 4.78 is 10.4. The van der Waals surface area contributed by atoms with Crippen molar-refractivity contribution in [3.05, 3.63) is 54.1 Å². The topological polar surface area (TPSA) is 59.6 Å². The molecule has 5 heteroatoms. The molecule has 0 aliphatic rings. The van der Waals surface area contributed by atoms with E-state index in [1.807, 2.05) is 37.3 Å². The number of anilines is 1. The molecule has 23 heavy (non-hydrogen) atoms. The van der Waals surface area contributed by atoms with Gasteiger partial charge in [-0.25, -0.2) is 0 Å². The zero-order valence-corrected chi connectivity index (χ0v) is 13.6. The van der Waals surface area contributed by atoms with Gasteiger partial charge in [0.2, 0.25) is 5.91 Å². The predicted octanol–water partition coefficient (Wildman–Crippen LogP) is 2.99. The molecule has 2 rings (SSSR count). The fraction of sp³-hybridized carbons (Fsp3) is 0.278. The van der Waals surface area contributed by atoms with E-state index in [-0.39, 0.29) is 18.5 Å². The van der Waals surface area contributed by atoms with Gasteiger partial charge in [-0.1, -0.05) is 30.3 Å². The molecule has 0 radical (unpaired) electrons. The largest absolute Gasteiger partial charge is 0.493 e. The highest BCUT2D eigenvalue weighted by Crippen LogP contribution is 2.29. The van der Waals surface area contributed by atoms with Crippen LogP contribution in [0.15, 0.2) is 48.5 Å². The van der Waals surface area contributed by atoms with E-state index in [1.165, 1.54) is 0 Å². The van der Waals surface area contributed by atoms with Crippen LogP contribution in [0.4, 0.5) is 5.69 Å². The van der Waals surface area contributed by atoms with Gasteiger partial charge in [0, 0.05) is 17.8 Å². The molecule has 122 valence electrons. The van der Waals surface area contributed by atoms with Gasteiger partial charge in [0.05, 0.1) is 20.8 Å². The first-order valence-electron chi connectivity index (χ1n) is 7.44. The molecule has 1 amide bonds. The molecule has 0 aliphatic heterocycles. The second-order valence-corrected chi connectivity index (χ2v) is 5.13. The molecule has 0 aromatic heterocycles. The first kappa shape index (κ1) is 16.8. The minimum Gasteiger partial charge on any atom is -0.493 e. The summed E-state index contributed by atoms with van der Waals surface area (Å²) in [5.74, 6) is 1.09. The molecule has 1 atom stereocenters. The van der Waals surface area contributed by atoms with Crippen molar-refractivity contribution in [2.24, 2.45) is 0 Å². The van der Waals surface area contributed by atoms with Crippen LogP contribution in [-0.4, -0.2) is 26.7 Å². The first-order chi connectivity index (χ1) is 11.1. The van der Waals surface area contributed by atoms with Crippen molar-refractivity contribution in [3.8, 4) is 11.5 Å². The minimum absolute atomic E-state index is 0.104. The second-order valence-electron chi connectivity index (χ2n) is 5.13. The van der Waals surface area contributed by atoms with Crippen molar-refractivity contribution >= 4 is 11.6 Å². The third kappa shape index (κ3) is 4.72. The predicted molar refractivity (Wildman–Crippen MR) is 91.0 cm³/mol. The number of benzene rings is 2. The summed E-state index contributed by atoms with van der Waals surface area (Å²) in [6, 6.07) is 15.4. The number of rotatable bonds is 7. The molecule has 0 fully saturated rings. The van der Waals surface area contributed by atoms with Gasteiger partial charge in [0.25, 0.3) is 0 Å². The number of nitrogens with one attached hydrogen (secondary N) is 2. The molecule has 0 saturated heterocycles. The van der Waals surface area contributed by atoms with Gasteiger partial charge < -0.3 is 20.1 Å². The van der Waals surface area contributed by atoms with Gasteiger partial charge in [-0.05, 0) is 24.6 Å². The van der Waals surface area contributed by atoms with Crippen molar-refractivity contribution in [1.82, 2.24) is 5.32 Å². The van der Waals surface area contributed by atoms with E-state index in [2.05, 4.69) is 10.6 Å². The Hall–Kier alpha value is -2.53. The van der Waals surface area contributed by atoms with E-state index in [4.69, 9.17) is 9.47 Å². The molecular formula is C18H22N2O3. The van der Waals surface area contributed by atoms with Crippen LogP contribution < -0.4 is 20.1 Å². The molecule has 0 bridgehead atoms. The summed E-state index contributed by atoms with van der Waals surface area (Å²) in [6.07, 6.45) is 0. The molecule has 0 spiro atoms. The van der Waals surface area contributed by atoms with Crippen LogP contribution in [0.3, 0.4) is 0 Å². The monoisotopic (exact) mass is 314 g/mol. The van der Waals surface area contributed by atoms with Crippen LogP contribution in [0.2, 0.25) is 0 Å². The Labute approximate surface area is 136 Å². The van der Waals surface area contributed by atoms with Crippen LogP contribution in [-0.2, 0) is 4.79 Å². The molecule has 2 aromatic carbocycles. The minimum atomic E-state index is -0.111. The number of methoxy groups -OCH3 is 2. The van der Waals surface area contributed by atoms with Crippen LogP contribution >= 0.6 is 0 Å². The number of hydrogen-bond acceptors (Lipinski definition) is 4. The maximum Gasteiger partial charge on any atom is 0.238 e. The lowest BCUT2D eigenvalue weighted by atomic mass is 10.1. The lowest BCUT2D eigenvalue weighted by molar-refractivity contribution is -0.115. The zero-order chi connectivity index (χ0) is 16.7. The lowest BCUT2D eigenvalue weighted by Gasteiger charge is -2.14. The first-order valence-corrected chi connectivity index (χ1v) is 7.44. The number of amides is 1. The highest BCUT2D eigenvalue weighted by Gasteiger charge is 2.09. The third-order valence-corrected chi connectivity index (χ3v) is 3.54. The van der Waals surface area contributed by atoms with Gasteiger partial charge in [-0.2, -0.15) is 0 Å². The quantitative estimate of drug-likeness (QED) is 0.825. The fourth-order valence-electron chi connectivity index (χ4n) is 2.22. The van der Waals surface area contributed by atoms with Crippen molar-refractivity contribution in [2.45, 2.75) is 13.0 Å². The van der Waals surface area contributed by atoms with E-state index in [0.717, 1.165) is 5.56 Å². The summed E-state index contributed by atoms with van der Waals surface area (Å²) in [5.41, 5.74) is 1.81. The maximum absolute atomic E-state index is 12.1. The molecule has 2 aromatic rings. The summed E-state index contributed by atoms with van der Waals surface area (Å²) in [5, 5.41) is 6.04. The Kier molecular flexibility index (Phi) is 6.00. The highest BCUT2D eigenvalue weighted by atomic mass is 16.5. The van der Waals surface area contributed by atoms with Gasteiger partial charge in [-0.15, -0.1) is 0 Å². The van der Waals surface area contributed by atoms with Crippen LogP contribution in [0, 0.1) is 0 Å². The number of ether oxygens (including phenoxy) is 2. The number of carbonyl (C=O) groups is 1. The van der Waals surface area contributed by atoms with Crippen molar-refractivity contribution in [3.63, 3.8) is 0 Å². The molecular weight excluding hydrogens is 292 g/mol. The average Bonchev–Trinajstić information content (AvgIpc) is 2.60. The smallest absolute Gasteiger partial charge is 0.238 e. The molecule has 5 nitrogen and oxygen atoms in total. The van der Waals surface area contributed by atoms with Crippen molar-refractivity contribution in [1.29, 1.82) is 0 Å². The lowest BCUT2D eigenvalue weighted by Crippen LogP contribution is -2.30. The Morgan fingerprint density at radius 2 is 1.74 bits per heavy atom. The molecule has 0 unspecified atom stereocenters. The normalized spacial score (nSPS) is 11.6. The Balaban J connectivity index is 1.90. The third-order valence-electron chi connectivity index (χ3n) is 3.54. The van der Waals surface area contributed by atoms with Crippen LogP contribution in [0.5, 0.6) is 11.5 Å². The summed E-state index contributed by atoms with van der Waals surface area (Å²) in [7, 11) is 3.14. The van der Waals surface area contributed by atoms with Crippen molar-refractivity contribution in [2.75, 3.05) is 26.1 Å². The Bertz CT molecular complexity index is 644. The Morgan fingerprint density at radius 3 is 2.39 bits per heavy atom. The molecule has 0 aliphatic carbocycles. The molecule has 0 heterocycles. The van der Waals surface area contributed by atoms with Gasteiger partial charge in [-0.3, -0.25) is 4.79 Å². The van der Waals surface area contributed by atoms with Crippen LogP contribution in [0.1, 0.15) is 18.5 Å². The van der Waals surface area contributed by atoms with Gasteiger partial charge >= 0.3 is 0 Å². The fourth-order valence-corrected chi connectivity index (χ4v) is 2.22. The number of carbonyl (C=O) groups excluding carboxylic acids is 1. The Morgan fingerprint density at radius 1 is 1.04 bits per heavy atom. The SMILES string of the molecule is COc1ccc(NC(=O)CN[C@H](C)c2ccccc2)cc1OC. The van der Waals surface area contributed by atoms with E-state index < -0.39 is 0 Å². The standard InChI is InChI=1S/C18H22N2O3/c1-13(14-7-5-4-6-8-14)19-12-18(21)20-15-9-10-16(22-2)17(11-15)23-3/h4-11,13,19H,12H2,1-3H3,(H,20,21)/t13-/m1/s1. The summed E-state index contributed by atoms with van der Waals surface area (Å²) in [6.45, 7) is 2.25. The van der Waals surface area contributed by atoms with Gasteiger partial charge in [0.1, 0.15) is 0 Å². The van der Waals surface area contributed by atoms with E-state index >= 15 is 0 Å². The zero-order valence-electron chi connectivity index (χ0n) is 13.6. The van der Waals surface area contributed by atoms with Crippen molar-refractivity contribution < 1.29 is 14.3 Å². The highest BCUT2D eigenvalue weighted by molar-refractivity contribution is 5.92. The average molecular weight is 314 g/mol. The summed E-state index contributed by atoms with van der Waals surface area (Å²) in [4.78, 5) is 12.1. The van der Waals surface area contributed by atoms with E-state index in [0.29, 0.717) is 17.2 Å². The maximum atomic E-state index is 12.1. The second kappa shape index (κ2) is 8.19. The number of hydrogen-bond donors (Lipinski definition) is 2. The summed E-state index contributed by atoms with van der Waals surface area (Å²) >= 11 is 0.